The van der Waals surface area contributed by atoms with E-state index in [4.69, 9.17) is 14.2 Å². The molecule has 29 heavy (non-hydrogen) atoms. The Hall–Kier alpha value is -0.420. The molecule has 3 unspecified atom stereocenters. The van der Waals surface area contributed by atoms with Crippen LogP contribution in [0.1, 0.15) is 78.1 Å². The van der Waals surface area contributed by atoms with Crippen LogP contribution < -0.4 is 0 Å². The predicted molar refractivity (Wildman–Crippen MR) is 110 cm³/mol. The number of hydrogen-bond acceptors (Lipinski definition) is 4. The molecule has 5 fully saturated rings. The number of hydrogen-bond donors (Lipinski definition) is 1. The molecule has 1 N–H and O–H groups in total. The topological polar surface area (TPSA) is 47.9 Å². The van der Waals surface area contributed by atoms with Crippen LogP contribution in [-0.2, 0) is 14.2 Å². The van der Waals surface area contributed by atoms with Crippen molar-refractivity contribution < 1.29 is 19.3 Å². The van der Waals surface area contributed by atoms with Gasteiger partial charge in [-0.05, 0) is 82.0 Å². The van der Waals surface area contributed by atoms with Crippen LogP contribution in [0.25, 0.3) is 0 Å². The average molecular weight is 403 g/mol. The first-order valence-corrected chi connectivity index (χ1v) is 12.2. The van der Waals surface area contributed by atoms with Crippen molar-refractivity contribution in [2.75, 3.05) is 19.8 Å². The van der Waals surface area contributed by atoms with Crippen molar-refractivity contribution >= 4 is 0 Å². The lowest BCUT2D eigenvalue weighted by Gasteiger charge is -2.57. The molecular formula is C25H38O4. The van der Waals surface area contributed by atoms with Gasteiger partial charge in [-0.1, -0.05) is 18.6 Å². The molecule has 4 nitrogen and oxygen atoms in total. The van der Waals surface area contributed by atoms with Crippen molar-refractivity contribution in [2.24, 2.45) is 29.1 Å². The van der Waals surface area contributed by atoms with Crippen LogP contribution >= 0.6 is 0 Å². The number of aliphatic hydroxyl groups is 1. The lowest BCUT2D eigenvalue weighted by atomic mass is 9.51. The molecule has 7 atom stereocenters. The van der Waals surface area contributed by atoms with Crippen molar-refractivity contribution in [2.45, 2.75) is 95.0 Å². The van der Waals surface area contributed by atoms with Gasteiger partial charge in [-0.2, -0.15) is 0 Å². The van der Waals surface area contributed by atoms with Crippen LogP contribution in [0, 0.1) is 29.1 Å². The molecular weight excluding hydrogens is 364 g/mol. The van der Waals surface area contributed by atoms with Gasteiger partial charge in [-0.3, -0.25) is 0 Å². The summed E-state index contributed by atoms with van der Waals surface area (Å²) in [6.45, 7) is 6.91. The van der Waals surface area contributed by atoms with E-state index in [9.17, 15) is 5.11 Å². The molecule has 0 amide bonds. The minimum Gasteiger partial charge on any atom is -0.386 e. The molecule has 162 valence electrons. The largest absolute Gasteiger partial charge is 0.386 e. The van der Waals surface area contributed by atoms with Gasteiger partial charge in [0.05, 0.1) is 24.4 Å². The molecule has 2 heterocycles. The smallest absolute Gasteiger partial charge is 0.168 e. The standard InChI is InChI=1S/C25H38O4/c1-22-10-6-19-18-7-11-24(28-14-15-29-24)16-17(18)4-5-20(19)21(22)8-12-25(22,26)23(2)9-3-13-27-23/h6,17-18,20-21,26H,3-5,7-16H2,1-2H3/t17?,18?,20-,21+,22+,23?,25-/m1/s1. The molecule has 1 spiro atoms. The second-order valence-corrected chi connectivity index (χ2v) is 11.4. The van der Waals surface area contributed by atoms with Crippen LogP contribution in [0.15, 0.2) is 11.6 Å². The number of ether oxygens (including phenoxy) is 3. The van der Waals surface area contributed by atoms with Crippen LogP contribution in [-0.4, -0.2) is 41.9 Å². The van der Waals surface area contributed by atoms with E-state index in [-0.39, 0.29) is 16.8 Å². The molecule has 2 saturated heterocycles. The maximum atomic E-state index is 12.1. The Labute approximate surface area is 175 Å². The molecule has 4 heteroatoms. The third-order valence-corrected chi connectivity index (χ3v) is 10.4. The number of fused-ring (bicyclic) bond motifs is 5. The van der Waals surface area contributed by atoms with E-state index in [1.807, 2.05) is 0 Å². The first kappa shape index (κ1) is 19.3. The minimum absolute atomic E-state index is 0.0549. The van der Waals surface area contributed by atoms with E-state index in [1.54, 1.807) is 5.57 Å². The summed E-state index contributed by atoms with van der Waals surface area (Å²) in [5, 5.41) is 12.1. The fraction of sp³-hybridized carbons (Fsp3) is 0.920. The highest BCUT2D eigenvalue weighted by atomic mass is 16.7. The minimum atomic E-state index is -0.692. The lowest BCUT2D eigenvalue weighted by Crippen LogP contribution is -2.61. The van der Waals surface area contributed by atoms with Crippen molar-refractivity contribution in [3.05, 3.63) is 11.6 Å². The van der Waals surface area contributed by atoms with Gasteiger partial charge < -0.3 is 19.3 Å². The van der Waals surface area contributed by atoms with Gasteiger partial charge in [0.2, 0.25) is 0 Å². The monoisotopic (exact) mass is 402 g/mol. The Morgan fingerprint density at radius 2 is 1.72 bits per heavy atom. The van der Waals surface area contributed by atoms with Gasteiger partial charge in [-0.15, -0.1) is 0 Å². The molecule has 0 aromatic rings. The fourth-order valence-electron chi connectivity index (χ4n) is 8.87. The van der Waals surface area contributed by atoms with Crippen LogP contribution in [0.5, 0.6) is 0 Å². The number of rotatable bonds is 1. The zero-order chi connectivity index (χ0) is 19.9. The van der Waals surface area contributed by atoms with Gasteiger partial charge in [0.25, 0.3) is 0 Å². The van der Waals surface area contributed by atoms with E-state index >= 15 is 0 Å². The maximum absolute atomic E-state index is 12.1. The predicted octanol–water partition coefficient (Wildman–Crippen LogP) is 4.60. The summed E-state index contributed by atoms with van der Waals surface area (Å²) in [5.74, 6) is 2.42. The van der Waals surface area contributed by atoms with Crippen molar-refractivity contribution in [1.82, 2.24) is 0 Å². The third-order valence-electron chi connectivity index (χ3n) is 10.4. The second kappa shape index (κ2) is 6.31. The SMILES string of the molecule is CC1([C@@]2(O)CC[C@H]3[C@@H]4CCC5CC6(CCC5C4=CC[C@@]32C)OCCO6)CCCO1. The van der Waals surface area contributed by atoms with Crippen LogP contribution in [0.4, 0.5) is 0 Å². The zero-order valence-electron chi connectivity index (χ0n) is 18.3. The van der Waals surface area contributed by atoms with E-state index in [0.29, 0.717) is 23.7 Å². The van der Waals surface area contributed by atoms with E-state index in [1.165, 1.54) is 19.3 Å². The van der Waals surface area contributed by atoms with E-state index in [2.05, 4.69) is 19.9 Å². The Morgan fingerprint density at radius 1 is 0.897 bits per heavy atom. The van der Waals surface area contributed by atoms with Gasteiger partial charge in [0, 0.05) is 24.9 Å². The molecule has 4 aliphatic carbocycles. The summed E-state index contributed by atoms with van der Waals surface area (Å²) in [6.07, 6.45) is 13.6. The molecule has 0 radical (unpaired) electrons. The van der Waals surface area contributed by atoms with Crippen molar-refractivity contribution in [3.63, 3.8) is 0 Å². The average Bonchev–Trinajstić information content (AvgIpc) is 3.42. The number of allylic oxidation sites excluding steroid dienone is 2. The van der Waals surface area contributed by atoms with Gasteiger partial charge in [0.15, 0.2) is 5.79 Å². The summed E-state index contributed by atoms with van der Waals surface area (Å²) in [7, 11) is 0. The van der Waals surface area contributed by atoms with Crippen LogP contribution in [0.2, 0.25) is 0 Å². The van der Waals surface area contributed by atoms with E-state index < -0.39 is 5.60 Å². The molecule has 6 aliphatic rings. The highest BCUT2D eigenvalue weighted by Gasteiger charge is 2.68. The Kier molecular flexibility index (Phi) is 4.19. The first-order chi connectivity index (χ1) is 13.9. The third kappa shape index (κ3) is 2.46. The molecule has 0 aromatic carbocycles. The molecule has 6 rings (SSSR count). The zero-order valence-corrected chi connectivity index (χ0v) is 18.3. The Morgan fingerprint density at radius 3 is 2.48 bits per heavy atom. The fourth-order valence-corrected chi connectivity index (χ4v) is 8.87. The first-order valence-electron chi connectivity index (χ1n) is 12.2. The normalized spacial score (nSPS) is 53.4. The van der Waals surface area contributed by atoms with Gasteiger partial charge >= 0.3 is 0 Å². The highest BCUT2D eigenvalue weighted by Crippen LogP contribution is 2.67. The summed E-state index contributed by atoms with van der Waals surface area (Å²) in [6, 6.07) is 0. The maximum Gasteiger partial charge on any atom is 0.168 e. The quantitative estimate of drug-likeness (QED) is 0.651. The Balaban J connectivity index is 1.29. The van der Waals surface area contributed by atoms with Crippen molar-refractivity contribution in [1.29, 1.82) is 0 Å². The molecule has 0 bridgehead atoms. The van der Waals surface area contributed by atoms with Gasteiger partial charge in [-0.25, -0.2) is 0 Å². The van der Waals surface area contributed by atoms with Crippen LogP contribution in [0.3, 0.4) is 0 Å². The van der Waals surface area contributed by atoms with Gasteiger partial charge in [0.1, 0.15) is 0 Å². The second-order valence-electron chi connectivity index (χ2n) is 11.4. The van der Waals surface area contributed by atoms with Crippen molar-refractivity contribution in [3.8, 4) is 0 Å². The summed E-state index contributed by atoms with van der Waals surface area (Å²) >= 11 is 0. The molecule has 2 aliphatic heterocycles. The summed E-state index contributed by atoms with van der Waals surface area (Å²) in [4.78, 5) is 0. The summed E-state index contributed by atoms with van der Waals surface area (Å²) < 4.78 is 18.3. The molecule has 3 saturated carbocycles. The lowest BCUT2D eigenvalue weighted by molar-refractivity contribution is -0.209. The molecule has 0 aromatic heterocycles. The summed E-state index contributed by atoms with van der Waals surface area (Å²) in [5.41, 5.74) is 0.620. The highest BCUT2D eigenvalue weighted by molar-refractivity contribution is 5.29. The van der Waals surface area contributed by atoms with E-state index in [0.717, 1.165) is 64.8 Å². The Bertz CT molecular complexity index is 704.